The van der Waals surface area contributed by atoms with Crippen LogP contribution in [0.5, 0.6) is 0 Å². The Labute approximate surface area is 123 Å². The van der Waals surface area contributed by atoms with Crippen molar-refractivity contribution in [3.05, 3.63) is 0 Å². The van der Waals surface area contributed by atoms with Crippen molar-refractivity contribution in [2.24, 2.45) is 11.7 Å². The lowest BCUT2D eigenvalue weighted by molar-refractivity contribution is -0.122. The first-order valence-electron chi connectivity index (χ1n) is 7.85. The molecule has 1 rings (SSSR count). The summed E-state index contributed by atoms with van der Waals surface area (Å²) >= 11 is 0. The van der Waals surface area contributed by atoms with Crippen LogP contribution in [-0.2, 0) is 9.53 Å². The van der Waals surface area contributed by atoms with Gasteiger partial charge in [-0.05, 0) is 32.1 Å². The largest absolute Gasteiger partial charge is 0.383 e. The molecule has 0 radical (unpaired) electrons. The fraction of sp³-hybridized carbons (Fsp3) is 0.933. The predicted octanol–water partition coefficient (Wildman–Crippen LogP) is 0.977. The Bertz CT molecular complexity index is 282. The second-order valence-corrected chi connectivity index (χ2v) is 5.75. The van der Waals surface area contributed by atoms with E-state index in [0.29, 0.717) is 25.6 Å². The number of ether oxygens (including phenoxy) is 1. The van der Waals surface area contributed by atoms with Crippen molar-refractivity contribution in [2.45, 2.75) is 51.6 Å². The molecule has 118 valence electrons. The fourth-order valence-corrected chi connectivity index (χ4v) is 2.65. The number of nitrogens with two attached hydrogens (primary N) is 1. The van der Waals surface area contributed by atoms with Gasteiger partial charge in [0, 0.05) is 45.2 Å². The molecule has 0 aromatic heterocycles. The molecule has 0 aromatic carbocycles. The van der Waals surface area contributed by atoms with Crippen molar-refractivity contribution in [3.8, 4) is 0 Å². The maximum absolute atomic E-state index is 11.9. The molecular formula is C15H31N3O2. The summed E-state index contributed by atoms with van der Waals surface area (Å²) in [6.07, 6.45) is 4.04. The van der Waals surface area contributed by atoms with Gasteiger partial charge >= 0.3 is 0 Å². The van der Waals surface area contributed by atoms with Crippen LogP contribution in [0.4, 0.5) is 0 Å². The summed E-state index contributed by atoms with van der Waals surface area (Å²) in [4.78, 5) is 14.3. The molecule has 0 heterocycles. The van der Waals surface area contributed by atoms with Crippen LogP contribution >= 0.6 is 0 Å². The molecule has 5 heteroatoms. The van der Waals surface area contributed by atoms with Crippen molar-refractivity contribution >= 4 is 5.91 Å². The first-order chi connectivity index (χ1) is 9.63. The van der Waals surface area contributed by atoms with Crippen molar-refractivity contribution in [3.63, 3.8) is 0 Å². The van der Waals surface area contributed by atoms with Crippen LogP contribution in [0.1, 0.15) is 39.5 Å². The molecule has 0 spiro atoms. The molecule has 2 unspecified atom stereocenters. The summed E-state index contributed by atoms with van der Waals surface area (Å²) in [5.41, 5.74) is 5.92. The van der Waals surface area contributed by atoms with Crippen LogP contribution in [-0.4, -0.2) is 56.2 Å². The minimum absolute atomic E-state index is 0.104. The number of carbonyl (C=O) groups is 1. The summed E-state index contributed by atoms with van der Waals surface area (Å²) in [5.74, 6) is 0.868. The lowest BCUT2D eigenvalue weighted by Crippen LogP contribution is -2.50. The third-order valence-corrected chi connectivity index (χ3v) is 4.12. The molecule has 5 nitrogen and oxygen atoms in total. The van der Waals surface area contributed by atoms with E-state index in [1.807, 2.05) is 0 Å². The number of rotatable bonds is 11. The Hall–Kier alpha value is -0.650. The van der Waals surface area contributed by atoms with Gasteiger partial charge < -0.3 is 15.8 Å². The zero-order valence-electron chi connectivity index (χ0n) is 13.2. The zero-order valence-corrected chi connectivity index (χ0v) is 13.2. The summed E-state index contributed by atoms with van der Waals surface area (Å²) in [6.45, 7) is 7.09. The molecule has 0 aromatic rings. The number of carbonyl (C=O) groups excluding carboxylic acids is 1. The number of nitrogens with one attached hydrogen (secondary N) is 1. The molecule has 0 saturated heterocycles. The minimum Gasteiger partial charge on any atom is -0.383 e. The van der Waals surface area contributed by atoms with Gasteiger partial charge in [-0.15, -0.1) is 0 Å². The Kier molecular flexibility index (Phi) is 8.11. The Balaban J connectivity index is 2.56. The number of amides is 1. The van der Waals surface area contributed by atoms with Gasteiger partial charge in [-0.2, -0.15) is 0 Å². The summed E-state index contributed by atoms with van der Waals surface area (Å²) in [7, 11) is 1.71. The third-order valence-electron chi connectivity index (χ3n) is 4.12. The molecule has 1 amide bonds. The monoisotopic (exact) mass is 285 g/mol. The maximum atomic E-state index is 11.9. The van der Waals surface area contributed by atoms with E-state index >= 15 is 0 Å². The Morgan fingerprint density at radius 3 is 2.70 bits per heavy atom. The first-order valence-corrected chi connectivity index (χ1v) is 7.85. The zero-order chi connectivity index (χ0) is 15.0. The van der Waals surface area contributed by atoms with Gasteiger partial charge in [-0.3, -0.25) is 9.69 Å². The van der Waals surface area contributed by atoms with Gasteiger partial charge in [0.25, 0.3) is 0 Å². The first kappa shape index (κ1) is 17.4. The van der Waals surface area contributed by atoms with E-state index in [4.69, 9.17) is 10.5 Å². The standard InChI is InChI=1S/C15H31N3O2/c1-4-7-17-15(19)10-14(11-16)18(8-9-20-3)12(2)13-5-6-13/h12-14H,4-11,16H2,1-3H3,(H,17,19). The van der Waals surface area contributed by atoms with Crippen LogP contribution in [0, 0.1) is 5.92 Å². The highest BCUT2D eigenvalue weighted by Gasteiger charge is 2.35. The summed E-state index contributed by atoms with van der Waals surface area (Å²) in [6, 6.07) is 0.593. The molecule has 0 aliphatic heterocycles. The average Bonchev–Trinajstić information content (AvgIpc) is 3.28. The highest BCUT2D eigenvalue weighted by Crippen LogP contribution is 2.35. The van der Waals surface area contributed by atoms with E-state index in [-0.39, 0.29) is 11.9 Å². The van der Waals surface area contributed by atoms with E-state index in [0.717, 1.165) is 25.4 Å². The Morgan fingerprint density at radius 2 is 2.20 bits per heavy atom. The van der Waals surface area contributed by atoms with Gasteiger partial charge in [0.05, 0.1) is 6.61 Å². The van der Waals surface area contributed by atoms with Gasteiger partial charge in [-0.1, -0.05) is 6.92 Å². The number of nitrogens with zero attached hydrogens (tertiary/aromatic N) is 1. The highest BCUT2D eigenvalue weighted by atomic mass is 16.5. The Morgan fingerprint density at radius 1 is 1.50 bits per heavy atom. The minimum atomic E-state index is 0.104. The van der Waals surface area contributed by atoms with Crippen molar-refractivity contribution < 1.29 is 9.53 Å². The van der Waals surface area contributed by atoms with E-state index in [2.05, 4.69) is 24.1 Å². The molecule has 1 aliphatic carbocycles. The van der Waals surface area contributed by atoms with Gasteiger partial charge in [0.15, 0.2) is 0 Å². The van der Waals surface area contributed by atoms with Crippen LogP contribution in [0.25, 0.3) is 0 Å². The second-order valence-electron chi connectivity index (χ2n) is 5.75. The quantitative estimate of drug-likeness (QED) is 0.594. The van der Waals surface area contributed by atoms with Crippen LogP contribution in [0.3, 0.4) is 0 Å². The molecular weight excluding hydrogens is 254 g/mol. The van der Waals surface area contributed by atoms with E-state index in [1.54, 1.807) is 7.11 Å². The second kappa shape index (κ2) is 9.32. The topological polar surface area (TPSA) is 67.6 Å². The summed E-state index contributed by atoms with van der Waals surface area (Å²) in [5, 5.41) is 2.94. The van der Waals surface area contributed by atoms with Crippen LogP contribution in [0.15, 0.2) is 0 Å². The molecule has 1 fully saturated rings. The van der Waals surface area contributed by atoms with Crippen molar-refractivity contribution in [1.29, 1.82) is 0 Å². The van der Waals surface area contributed by atoms with Gasteiger partial charge in [0.1, 0.15) is 0 Å². The third kappa shape index (κ3) is 5.77. The van der Waals surface area contributed by atoms with E-state index < -0.39 is 0 Å². The lowest BCUT2D eigenvalue weighted by Gasteiger charge is -2.35. The predicted molar refractivity (Wildman–Crippen MR) is 81.5 cm³/mol. The van der Waals surface area contributed by atoms with E-state index in [9.17, 15) is 4.79 Å². The maximum Gasteiger partial charge on any atom is 0.221 e. The van der Waals surface area contributed by atoms with Gasteiger partial charge in [0.2, 0.25) is 5.91 Å². The van der Waals surface area contributed by atoms with Crippen molar-refractivity contribution in [2.75, 3.05) is 33.4 Å². The van der Waals surface area contributed by atoms with Crippen LogP contribution < -0.4 is 11.1 Å². The normalized spacial score (nSPS) is 18.1. The smallest absolute Gasteiger partial charge is 0.221 e. The summed E-state index contributed by atoms with van der Waals surface area (Å²) < 4.78 is 5.20. The molecule has 20 heavy (non-hydrogen) atoms. The highest BCUT2D eigenvalue weighted by molar-refractivity contribution is 5.76. The SMILES string of the molecule is CCCNC(=O)CC(CN)N(CCOC)C(C)C1CC1. The van der Waals surface area contributed by atoms with Crippen LogP contribution in [0.2, 0.25) is 0 Å². The molecule has 0 bridgehead atoms. The molecule has 3 N–H and O–H groups in total. The molecule has 1 saturated carbocycles. The van der Waals surface area contributed by atoms with Gasteiger partial charge in [-0.25, -0.2) is 0 Å². The van der Waals surface area contributed by atoms with Crippen molar-refractivity contribution in [1.82, 2.24) is 10.2 Å². The van der Waals surface area contributed by atoms with E-state index in [1.165, 1.54) is 12.8 Å². The number of hydrogen-bond donors (Lipinski definition) is 2. The molecule has 1 aliphatic rings. The number of hydrogen-bond acceptors (Lipinski definition) is 4. The fourth-order valence-electron chi connectivity index (χ4n) is 2.65. The average molecular weight is 285 g/mol. The number of methoxy groups -OCH3 is 1. The molecule has 2 atom stereocenters. The lowest BCUT2D eigenvalue weighted by atomic mass is 10.1.